The number of halogens is 1. The fourth-order valence-corrected chi connectivity index (χ4v) is 3.27. The van der Waals surface area contributed by atoms with E-state index in [1.165, 1.54) is 43.6 Å². The van der Waals surface area contributed by atoms with Crippen molar-refractivity contribution in [1.82, 2.24) is 24.7 Å². The van der Waals surface area contributed by atoms with Crippen LogP contribution in [0.25, 0.3) is 0 Å². The van der Waals surface area contributed by atoms with Crippen LogP contribution >= 0.6 is 23.4 Å². The van der Waals surface area contributed by atoms with Crippen molar-refractivity contribution in [1.29, 1.82) is 0 Å². The predicted molar refractivity (Wildman–Crippen MR) is 75.8 cm³/mol. The second-order valence-electron chi connectivity index (χ2n) is 5.20. The smallest absolute Gasteiger partial charge is 0.221 e. The molecule has 2 saturated carbocycles. The van der Waals surface area contributed by atoms with E-state index in [9.17, 15) is 0 Å². The Hall–Kier alpha value is -1.34. The second-order valence-corrected chi connectivity index (χ2v) is 6.56. The molecule has 8 heteroatoms. The van der Waals surface area contributed by atoms with Gasteiger partial charge in [-0.05, 0) is 37.4 Å². The Labute approximate surface area is 125 Å². The van der Waals surface area contributed by atoms with Crippen LogP contribution in [-0.2, 0) is 0 Å². The van der Waals surface area contributed by atoms with Crippen molar-refractivity contribution in [2.75, 3.05) is 5.73 Å². The summed E-state index contributed by atoms with van der Waals surface area (Å²) in [5, 5.41) is 10.7. The Kier molecular flexibility index (Phi) is 2.85. The Balaban J connectivity index is 1.70. The normalized spacial score (nSPS) is 18.4. The van der Waals surface area contributed by atoms with Crippen molar-refractivity contribution in [2.24, 2.45) is 0 Å². The van der Waals surface area contributed by atoms with E-state index >= 15 is 0 Å². The first-order valence-electron chi connectivity index (χ1n) is 6.63. The van der Waals surface area contributed by atoms with Gasteiger partial charge in [-0.15, -0.1) is 10.2 Å². The minimum atomic E-state index is 0.219. The van der Waals surface area contributed by atoms with Gasteiger partial charge in [-0.1, -0.05) is 11.6 Å². The summed E-state index contributed by atoms with van der Waals surface area (Å²) in [7, 11) is 0. The van der Waals surface area contributed by atoms with Crippen molar-refractivity contribution in [2.45, 2.75) is 47.8 Å². The summed E-state index contributed by atoms with van der Waals surface area (Å²) in [6.07, 6.45) is 6.36. The zero-order chi connectivity index (χ0) is 13.7. The fraction of sp³-hybridized carbons (Fsp3) is 0.500. The largest absolute Gasteiger partial charge is 0.368 e. The highest BCUT2D eigenvalue weighted by molar-refractivity contribution is 7.99. The van der Waals surface area contributed by atoms with Crippen LogP contribution in [-0.4, -0.2) is 24.7 Å². The molecule has 0 radical (unpaired) electrons. The van der Waals surface area contributed by atoms with Gasteiger partial charge in [0.1, 0.15) is 10.9 Å². The monoisotopic (exact) mass is 308 g/mol. The number of aromatic nitrogens is 5. The second kappa shape index (κ2) is 4.60. The molecule has 20 heavy (non-hydrogen) atoms. The maximum atomic E-state index is 6.12. The van der Waals surface area contributed by atoms with Crippen LogP contribution in [0, 0.1) is 0 Å². The van der Waals surface area contributed by atoms with E-state index < -0.39 is 0 Å². The van der Waals surface area contributed by atoms with Gasteiger partial charge in [0.15, 0.2) is 5.16 Å². The first-order chi connectivity index (χ1) is 9.72. The Morgan fingerprint density at radius 1 is 1.25 bits per heavy atom. The number of rotatable bonds is 4. The standard InChI is InChI=1S/C12H13ClN6S/c13-8-5-15-11(14)16-10(8)20-12-18-17-9(6-1-2-6)19(12)7-3-4-7/h5-7H,1-4H2,(H2,14,15,16). The van der Waals surface area contributed by atoms with Crippen molar-refractivity contribution >= 4 is 29.3 Å². The van der Waals surface area contributed by atoms with Crippen molar-refractivity contribution < 1.29 is 0 Å². The van der Waals surface area contributed by atoms with Crippen molar-refractivity contribution in [3.8, 4) is 0 Å². The van der Waals surface area contributed by atoms with Gasteiger partial charge in [-0.3, -0.25) is 0 Å². The van der Waals surface area contributed by atoms with Crippen LogP contribution in [0.1, 0.15) is 43.5 Å². The van der Waals surface area contributed by atoms with E-state index in [-0.39, 0.29) is 5.95 Å². The van der Waals surface area contributed by atoms with Crippen LogP contribution in [0.15, 0.2) is 16.4 Å². The van der Waals surface area contributed by atoms with E-state index in [1.807, 2.05) is 0 Å². The van der Waals surface area contributed by atoms with Crippen LogP contribution in [0.5, 0.6) is 0 Å². The fourth-order valence-electron chi connectivity index (χ4n) is 2.18. The number of nitrogen functional groups attached to an aromatic ring is 1. The molecule has 0 spiro atoms. The van der Waals surface area contributed by atoms with Gasteiger partial charge in [-0.25, -0.2) is 9.97 Å². The number of nitrogens with zero attached hydrogens (tertiary/aromatic N) is 5. The minimum Gasteiger partial charge on any atom is -0.368 e. The molecule has 4 rings (SSSR count). The molecular weight excluding hydrogens is 296 g/mol. The zero-order valence-electron chi connectivity index (χ0n) is 10.7. The van der Waals surface area contributed by atoms with E-state index in [2.05, 4.69) is 24.7 Å². The van der Waals surface area contributed by atoms with E-state index in [4.69, 9.17) is 17.3 Å². The summed E-state index contributed by atoms with van der Waals surface area (Å²) in [5.41, 5.74) is 5.62. The molecule has 0 atom stereocenters. The van der Waals surface area contributed by atoms with Gasteiger partial charge in [0.2, 0.25) is 5.95 Å². The highest BCUT2D eigenvalue weighted by Gasteiger charge is 2.36. The summed E-state index contributed by atoms with van der Waals surface area (Å²) >= 11 is 7.53. The molecule has 2 N–H and O–H groups in total. The number of hydrogen-bond acceptors (Lipinski definition) is 6. The quantitative estimate of drug-likeness (QED) is 0.874. The summed E-state index contributed by atoms with van der Waals surface area (Å²) in [5.74, 6) is 1.92. The van der Waals surface area contributed by atoms with Gasteiger partial charge < -0.3 is 10.3 Å². The average Bonchev–Trinajstić information content (AvgIpc) is 3.33. The minimum absolute atomic E-state index is 0.219. The summed E-state index contributed by atoms with van der Waals surface area (Å²) in [4.78, 5) is 8.05. The first-order valence-corrected chi connectivity index (χ1v) is 7.82. The molecule has 2 fully saturated rings. The molecule has 104 valence electrons. The summed E-state index contributed by atoms with van der Waals surface area (Å²) < 4.78 is 2.26. The molecule has 0 unspecified atom stereocenters. The van der Waals surface area contributed by atoms with Crippen LogP contribution < -0.4 is 5.73 Å². The number of anilines is 1. The third kappa shape index (κ3) is 2.25. The molecule has 2 aliphatic rings. The molecule has 6 nitrogen and oxygen atoms in total. The molecular formula is C12H13ClN6S. The highest BCUT2D eigenvalue weighted by Crippen LogP contribution is 2.46. The maximum absolute atomic E-state index is 6.12. The highest BCUT2D eigenvalue weighted by atomic mass is 35.5. The van der Waals surface area contributed by atoms with Gasteiger partial charge >= 0.3 is 0 Å². The van der Waals surface area contributed by atoms with Gasteiger partial charge in [0.05, 0.1) is 11.2 Å². The van der Waals surface area contributed by atoms with Gasteiger partial charge in [-0.2, -0.15) is 0 Å². The first kappa shape index (κ1) is 12.4. The number of hydrogen-bond donors (Lipinski definition) is 1. The Bertz CT molecular complexity index is 664. The predicted octanol–water partition coefficient (Wildman–Crippen LogP) is 2.67. The SMILES string of the molecule is Nc1ncc(Cl)c(Sc2nnc(C3CC3)n2C2CC2)n1. The van der Waals surface area contributed by atoms with Crippen molar-refractivity contribution in [3.63, 3.8) is 0 Å². The van der Waals surface area contributed by atoms with Gasteiger partial charge in [0.25, 0.3) is 0 Å². The van der Waals surface area contributed by atoms with E-state index in [0.717, 1.165) is 11.0 Å². The maximum Gasteiger partial charge on any atom is 0.221 e. The lowest BCUT2D eigenvalue weighted by Crippen LogP contribution is -2.02. The zero-order valence-corrected chi connectivity index (χ0v) is 12.2. The molecule has 0 bridgehead atoms. The lowest BCUT2D eigenvalue weighted by molar-refractivity contribution is 0.626. The lowest BCUT2D eigenvalue weighted by atomic mass is 10.4. The topological polar surface area (TPSA) is 82.5 Å². The molecule has 2 heterocycles. The van der Waals surface area contributed by atoms with E-state index in [1.54, 1.807) is 0 Å². The molecule has 2 aromatic rings. The summed E-state index contributed by atoms with van der Waals surface area (Å²) in [6.45, 7) is 0. The van der Waals surface area contributed by atoms with Crippen LogP contribution in [0.2, 0.25) is 5.02 Å². The van der Waals surface area contributed by atoms with Crippen LogP contribution in [0.4, 0.5) is 5.95 Å². The third-order valence-electron chi connectivity index (χ3n) is 3.46. The summed E-state index contributed by atoms with van der Waals surface area (Å²) in [6, 6.07) is 0.543. The average molecular weight is 309 g/mol. The van der Waals surface area contributed by atoms with Crippen molar-refractivity contribution in [3.05, 3.63) is 17.0 Å². The molecule has 0 aliphatic heterocycles. The molecule has 0 amide bonds. The number of nitrogens with two attached hydrogens (primary N) is 1. The molecule has 0 saturated heterocycles. The lowest BCUT2D eigenvalue weighted by Gasteiger charge is -2.08. The molecule has 2 aliphatic carbocycles. The third-order valence-corrected chi connectivity index (χ3v) is 4.82. The Morgan fingerprint density at radius 2 is 2.05 bits per heavy atom. The molecule has 0 aromatic carbocycles. The van der Waals surface area contributed by atoms with E-state index in [0.29, 0.717) is 22.0 Å². The Morgan fingerprint density at radius 3 is 2.75 bits per heavy atom. The molecule has 2 aromatic heterocycles. The van der Waals surface area contributed by atoms with Crippen LogP contribution in [0.3, 0.4) is 0 Å². The van der Waals surface area contributed by atoms with Gasteiger partial charge in [0, 0.05) is 12.0 Å².